The van der Waals surface area contributed by atoms with Crippen LogP contribution in [0.25, 0.3) is 0 Å². The molecule has 2 fully saturated rings. The van der Waals surface area contributed by atoms with Crippen LogP contribution in [-0.2, 0) is 12.0 Å². The molecule has 2 saturated carbocycles. The van der Waals surface area contributed by atoms with Crippen molar-refractivity contribution in [2.24, 2.45) is 11.8 Å². The molecule has 2 aliphatic rings. The van der Waals surface area contributed by atoms with Crippen molar-refractivity contribution in [2.75, 3.05) is 0 Å². The Morgan fingerprint density at radius 2 is 1.40 bits per heavy atom. The summed E-state index contributed by atoms with van der Waals surface area (Å²) in [7, 11) is -6.00. The van der Waals surface area contributed by atoms with E-state index in [0.717, 1.165) is 18.4 Å². The molecule has 0 spiro atoms. The van der Waals surface area contributed by atoms with Crippen LogP contribution in [0.1, 0.15) is 70.9 Å². The number of nitrogens with zero attached hydrogens (tertiary/aromatic N) is 1. The minimum atomic E-state index is -6.00. The molecule has 0 bridgehead atoms. The zero-order valence-electron chi connectivity index (χ0n) is 15.4. The third kappa shape index (κ3) is 5.21. The van der Waals surface area contributed by atoms with Gasteiger partial charge >= 0.3 is 7.25 Å². The highest BCUT2D eigenvalue weighted by atomic mass is 19.5. The maximum Gasteiger partial charge on any atom is 0.673 e. The van der Waals surface area contributed by atoms with Crippen LogP contribution >= 0.6 is 0 Å². The first kappa shape index (κ1) is 20.2. The van der Waals surface area contributed by atoms with Gasteiger partial charge in [0.15, 0.2) is 11.9 Å². The van der Waals surface area contributed by atoms with Crippen LogP contribution in [0.4, 0.5) is 17.3 Å². The van der Waals surface area contributed by atoms with Gasteiger partial charge in [-0.15, -0.1) is 0 Å². The van der Waals surface area contributed by atoms with E-state index in [1.54, 1.807) is 5.69 Å². The number of hydrogen-bond acceptors (Lipinski definition) is 0. The van der Waals surface area contributed by atoms with E-state index in [-0.39, 0.29) is 0 Å². The first-order valence-electron chi connectivity index (χ1n) is 9.63. The van der Waals surface area contributed by atoms with E-state index in [4.69, 9.17) is 0 Å². The average molecular weight is 359 g/mol. The smallest absolute Gasteiger partial charge is 0.418 e. The lowest BCUT2D eigenvalue weighted by atomic mass is 9.64. The van der Waals surface area contributed by atoms with Crippen molar-refractivity contribution < 1.29 is 21.8 Å². The molecule has 0 amide bonds. The van der Waals surface area contributed by atoms with Crippen LogP contribution < -0.4 is 4.57 Å². The van der Waals surface area contributed by atoms with E-state index in [2.05, 4.69) is 42.8 Å². The number of aromatic nitrogens is 1. The summed E-state index contributed by atoms with van der Waals surface area (Å²) in [5.41, 5.74) is 2.02. The number of hydrogen-bond donors (Lipinski definition) is 0. The zero-order chi connectivity index (χ0) is 18.5. The van der Waals surface area contributed by atoms with Crippen LogP contribution in [0.15, 0.2) is 24.4 Å². The van der Waals surface area contributed by atoms with Crippen LogP contribution in [0.5, 0.6) is 0 Å². The molecule has 0 saturated heterocycles. The van der Waals surface area contributed by atoms with Crippen molar-refractivity contribution in [1.82, 2.24) is 0 Å². The van der Waals surface area contributed by atoms with Crippen molar-refractivity contribution in [3.63, 3.8) is 0 Å². The minimum absolute atomic E-state index is 0.407. The summed E-state index contributed by atoms with van der Waals surface area (Å²) in [6.45, 7) is 5.99. The fourth-order valence-corrected chi connectivity index (χ4v) is 5.04. The summed E-state index contributed by atoms with van der Waals surface area (Å²) in [4.78, 5) is 0. The second kappa shape index (κ2) is 8.55. The summed E-state index contributed by atoms with van der Waals surface area (Å²) >= 11 is 0. The largest absolute Gasteiger partial charge is 0.673 e. The fourth-order valence-electron chi connectivity index (χ4n) is 5.04. The molecule has 25 heavy (non-hydrogen) atoms. The monoisotopic (exact) mass is 359 g/mol. The molecular weight excluding hydrogens is 329 g/mol. The third-order valence-corrected chi connectivity index (χ3v) is 6.24. The predicted octanol–water partition coefficient (Wildman–Crippen LogP) is 5.93. The molecule has 0 unspecified atom stereocenters. The SMILES string of the molecule is CC[n+]1ccccc1C(C)(C1CCCC1)C1CCCC1.F[B-](F)(F)F. The van der Waals surface area contributed by atoms with Crippen molar-refractivity contribution in [2.45, 2.75) is 77.2 Å². The Kier molecular flexibility index (Phi) is 6.92. The lowest BCUT2D eigenvalue weighted by Gasteiger charge is -2.39. The van der Waals surface area contributed by atoms with Crippen molar-refractivity contribution in [1.29, 1.82) is 0 Å². The summed E-state index contributed by atoms with van der Waals surface area (Å²) < 4.78 is 41.5. The Balaban J connectivity index is 0.000000399. The van der Waals surface area contributed by atoms with E-state index >= 15 is 0 Å². The van der Waals surface area contributed by atoms with E-state index in [1.807, 2.05) is 0 Å². The van der Waals surface area contributed by atoms with E-state index < -0.39 is 7.25 Å². The maximum atomic E-state index is 9.75. The van der Waals surface area contributed by atoms with Gasteiger partial charge < -0.3 is 17.3 Å². The average Bonchev–Trinajstić information content (AvgIpc) is 3.26. The van der Waals surface area contributed by atoms with Crippen LogP contribution in [0, 0.1) is 11.8 Å². The van der Waals surface area contributed by atoms with Crippen LogP contribution in [-0.4, -0.2) is 7.25 Å². The molecule has 0 atom stereocenters. The Hall–Kier alpha value is -1.07. The Morgan fingerprint density at radius 1 is 0.960 bits per heavy atom. The molecule has 0 aromatic carbocycles. The van der Waals surface area contributed by atoms with Gasteiger partial charge in [0, 0.05) is 12.1 Å². The Morgan fingerprint density at radius 3 is 1.80 bits per heavy atom. The highest BCUT2D eigenvalue weighted by Gasteiger charge is 2.49. The highest BCUT2D eigenvalue weighted by molar-refractivity contribution is 6.50. The maximum absolute atomic E-state index is 9.75. The van der Waals surface area contributed by atoms with Gasteiger partial charge in [0.25, 0.3) is 0 Å². The summed E-state index contributed by atoms with van der Waals surface area (Å²) in [5.74, 6) is 1.82. The first-order chi connectivity index (χ1) is 11.8. The molecule has 142 valence electrons. The minimum Gasteiger partial charge on any atom is -0.418 e. The van der Waals surface area contributed by atoms with Gasteiger partial charge in [0.05, 0.1) is 5.41 Å². The highest BCUT2D eigenvalue weighted by Crippen LogP contribution is 2.50. The molecule has 1 aromatic heterocycles. The molecule has 0 N–H and O–H groups in total. The van der Waals surface area contributed by atoms with Gasteiger partial charge in [-0.05, 0) is 51.4 Å². The van der Waals surface area contributed by atoms with Crippen molar-refractivity contribution >= 4 is 7.25 Å². The van der Waals surface area contributed by atoms with E-state index in [1.165, 1.54) is 51.4 Å². The molecule has 6 heteroatoms. The molecule has 2 aliphatic carbocycles. The van der Waals surface area contributed by atoms with Gasteiger partial charge in [0.1, 0.15) is 6.54 Å². The molecule has 1 aromatic rings. The molecule has 0 radical (unpaired) electrons. The van der Waals surface area contributed by atoms with Gasteiger partial charge in [-0.1, -0.05) is 31.7 Å². The molecule has 1 heterocycles. The normalized spacial score (nSPS) is 19.8. The third-order valence-electron chi connectivity index (χ3n) is 6.24. The Bertz CT molecular complexity index is 512. The number of rotatable bonds is 4. The lowest BCUT2D eigenvalue weighted by Crippen LogP contribution is -2.49. The summed E-state index contributed by atoms with van der Waals surface area (Å²) in [6.07, 6.45) is 13.9. The lowest BCUT2D eigenvalue weighted by molar-refractivity contribution is -0.705. The van der Waals surface area contributed by atoms with Crippen molar-refractivity contribution in [3.8, 4) is 0 Å². The fraction of sp³-hybridized carbons (Fsp3) is 0.737. The standard InChI is InChI=1S/C19H30N.BF4/c1-3-20-15-9-8-14-18(20)19(2,16-10-4-5-11-16)17-12-6-7-13-17;2-1(3,4)5/h8-9,14-17H,3-7,10-13H2,1-2H3;/q+1;-1. The van der Waals surface area contributed by atoms with Gasteiger partial charge in [-0.2, -0.15) is 0 Å². The van der Waals surface area contributed by atoms with Gasteiger partial charge in [-0.25, -0.2) is 4.57 Å². The first-order valence-corrected chi connectivity index (χ1v) is 9.63. The van der Waals surface area contributed by atoms with Crippen LogP contribution in [0.2, 0.25) is 0 Å². The van der Waals surface area contributed by atoms with Gasteiger partial charge in [-0.3, -0.25) is 0 Å². The predicted molar refractivity (Wildman–Crippen MR) is 93.8 cm³/mol. The summed E-state index contributed by atoms with van der Waals surface area (Å²) in [5, 5.41) is 0. The molecule has 1 nitrogen and oxygen atoms in total. The zero-order valence-corrected chi connectivity index (χ0v) is 15.4. The van der Waals surface area contributed by atoms with E-state index in [9.17, 15) is 17.3 Å². The molecule has 0 aliphatic heterocycles. The topological polar surface area (TPSA) is 3.88 Å². The van der Waals surface area contributed by atoms with Crippen molar-refractivity contribution in [3.05, 3.63) is 30.1 Å². The number of halogens is 4. The second-order valence-corrected chi connectivity index (χ2v) is 7.61. The Labute approximate surface area is 148 Å². The number of aryl methyl sites for hydroxylation is 1. The quantitative estimate of drug-likeness (QED) is 0.356. The van der Waals surface area contributed by atoms with Gasteiger partial charge in [0.2, 0.25) is 0 Å². The summed E-state index contributed by atoms with van der Waals surface area (Å²) in [6, 6.07) is 6.86. The second-order valence-electron chi connectivity index (χ2n) is 7.61. The number of pyridine rings is 1. The molecule has 3 rings (SSSR count). The van der Waals surface area contributed by atoms with E-state index in [0.29, 0.717) is 5.41 Å². The molecular formula is C19H30BF4N. The van der Waals surface area contributed by atoms with Crippen LogP contribution in [0.3, 0.4) is 0 Å².